The first-order chi connectivity index (χ1) is 12.1. The number of aliphatic hydroxyl groups is 1. The molecule has 2 aliphatic rings. The number of amides is 2. The molecule has 3 atom stereocenters. The lowest BCUT2D eigenvalue weighted by Crippen LogP contribution is -2.51. The Morgan fingerprint density at radius 3 is 2.88 bits per heavy atom. The van der Waals surface area contributed by atoms with Gasteiger partial charge >= 0.3 is 6.03 Å². The number of H-pyrrole nitrogens is 1. The molecule has 4 rings (SSSR count). The number of likely N-dealkylation sites (tertiary alicyclic amines) is 1. The summed E-state index contributed by atoms with van der Waals surface area (Å²) >= 11 is 0. The number of nitrogens with zero attached hydrogens (tertiary/aromatic N) is 2. The minimum atomic E-state index is -0.225. The van der Waals surface area contributed by atoms with E-state index in [1.165, 1.54) is 0 Å². The van der Waals surface area contributed by atoms with Crippen LogP contribution in [0.5, 0.6) is 5.75 Å². The molecule has 1 aliphatic heterocycles. The third-order valence-corrected chi connectivity index (χ3v) is 5.45. The van der Waals surface area contributed by atoms with E-state index in [0.29, 0.717) is 26.1 Å². The topological polar surface area (TPSA) is 90.5 Å². The van der Waals surface area contributed by atoms with Gasteiger partial charge in [-0.1, -0.05) is 0 Å². The van der Waals surface area contributed by atoms with Crippen molar-refractivity contribution in [3.05, 3.63) is 24.0 Å². The molecule has 1 aliphatic carbocycles. The predicted octanol–water partition coefficient (Wildman–Crippen LogP) is 1.53. The van der Waals surface area contributed by atoms with Crippen LogP contribution in [0.2, 0.25) is 0 Å². The summed E-state index contributed by atoms with van der Waals surface area (Å²) in [6, 6.07) is 5.68. The molecule has 2 amide bonds. The van der Waals surface area contributed by atoms with Gasteiger partial charge in [-0.3, -0.25) is 0 Å². The standard InChI is InChI=1S/C18H24N4O3/c1-25-13-4-5-14-15(8-13)21-16(20-14)6-7-19-18(24)22-9-11-2-3-12(10-22)17(11)23/h4-5,8,11-12,17,23H,2-3,6-7,9-10H2,1H3,(H,19,24)(H,20,21)/t11-,12+,17?. The zero-order valence-electron chi connectivity index (χ0n) is 14.4. The first kappa shape index (κ1) is 16.2. The van der Waals surface area contributed by atoms with Gasteiger partial charge in [-0.05, 0) is 25.0 Å². The van der Waals surface area contributed by atoms with Gasteiger partial charge in [-0.2, -0.15) is 0 Å². The van der Waals surface area contributed by atoms with Crippen LogP contribution >= 0.6 is 0 Å². The fraction of sp³-hybridized carbons (Fsp3) is 0.556. The molecule has 1 aromatic carbocycles. The summed E-state index contributed by atoms with van der Waals surface area (Å²) in [7, 11) is 1.64. The highest BCUT2D eigenvalue weighted by atomic mass is 16.5. The van der Waals surface area contributed by atoms with E-state index in [9.17, 15) is 9.90 Å². The number of hydrogen-bond acceptors (Lipinski definition) is 4. The molecule has 2 aromatic rings. The molecule has 0 spiro atoms. The third-order valence-electron chi connectivity index (χ3n) is 5.45. The fourth-order valence-corrected chi connectivity index (χ4v) is 4.05. The van der Waals surface area contributed by atoms with Gasteiger partial charge in [0.05, 0.1) is 24.2 Å². The highest BCUT2D eigenvalue weighted by molar-refractivity contribution is 5.77. The molecule has 2 bridgehead atoms. The summed E-state index contributed by atoms with van der Waals surface area (Å²) in [5, 5.41) is 13.0. The van der Waals surface area contributed by atoms with Crippen molar-refractivity contribution < 1.29 is 14.6 Å². The monoisotopic (exact) mass is 344 g/mol. The smallest absolute Gasteiger partial charge is 0.317 e. The van der Waals surface area contributed by atoms with Crippen molar-refractivity contribution in [3.8, 4) is 5.75 Å². The molecule has 3 N–H and O–H groups in total. The lowest BCUT2D eigenvalue weighted by molar-refractivity contribution is 0.0304. The highest BCUT2D eigenvalue weighted by Gasteiger charge is 2.42. The Kier molecular flexibility index (Phi) is 4.25. The van der Waals surface area contributed by atoms with Crippen molar-refractivity contribution in [3.63, 3.8) is 0 Å². The second-order valence-corrected chi connectivity index (χ2v) is 7.04. The molecular formula is C18H24N4O3. The first-order valence-electron chi connectivity index (χ1n) is 8.87. The molecule has 25 heavy (non-hydrogen) atoms. The summed E-state index contributed by atoms with van der Waals surface area (Å²) in [6.45, 7) is 1.85. The van der Waals surface area contributed by atoms with Crippen LogP contribution in [-0.2, 0) is 6.42 Å². The molecule has 7 heteroatoms. The summed E-state index contributed by atoms with van der Waals surface area (Å²) in [5.74, 6) is 2.13. The van der Waals surface area contributed by atoms with Crippen molar-refractivity contribution in [2.45, 2.75) is 25.4 Å². The molecular weight excluding hydrogens is 320 g/mol. The van der Waals surface area contributed by atoms with Crippen molar-refractivity contribution in [1.29, 1.82) is 0 Å². The number of fused-ring (bicyclic) bond motifs is 3. The minimum absolute atomic E-state index is 0.0402. The van der Waals surface area contributed by atoms with Crippen molar-refractivity contribution in [2.24, 2.45) is 11.8 Å². The average Bonchev–Trinajstić information content (AvgIpc) is 3.08. The molecule has 1 saturated carbocycles. The van der Waals surface area contributed by atoms with Gasteiger partial charge in [0.15, 0.2) is 0 Å². The summed E-state index contributed by atoms with van der Waals surface area (Å²) in [5.41, 5.74) is 1.82. The van der Waals surface area contributed by atoms with E-state index < -0.39 is 0 Å². The maximum Gasteiger partial charge on any atom is 0.317 e. The molecule has 0 radical (unpaired) electrons. The Balaban J connectivity index is 1.31. The number of aromatic amines is 1. The molecule has 134 valence electrons. The summed E-state index contributed by atoms with van der Waals surface area (Å²) in [6.07, 6.45) is 2.47. The highest BCUT2D eigenvalue weighted by Crippen LogP contribution is 2.36. The van der Waals surface area contributed by atoms with Crippen LogP contribution in [-0.4, -0.2) is 58.9 Å². The Labute approximate surface area is 146 Å². The van der Waals surface area contributed by atoms with Gasteiger partial charge in [0.2, 0.25) is 0 Å². The Hall–Kier alpha value is -2.28. The second-order valence-electron chi connectivity index (χ2n) is 7.04. The number of rotatable bonds is 4. The molecule has 1 saturated heterocycles. The van der Waals surface area contributed by atoms with Gasteiger partial charge in [0.25, 0.3) is 0 Å². The zero-order valence-corrected chi connectivity index (χ0v) is 14.4. The van der Waals surface area contributed by atoms with Crippen molar-refractivity contribution >= 4 is 17.1 Å². The fourth-order valence-electron chi connectivity index (χ4n) is 4.05. The number of urea groups is 1. The molecule has 1 aromatic heterocycles. The van der Waals surface area contributed by atoms with Crippen molar-refractivity contribution in [1.82, 2.24) is 20.2 Å². The lowest BCUT2D eigenvalue weighted by Gasteiger charge is -2.35. The third kappa shape index (κ3) is 3.16. The van der Waals surface area contributed by atoms with E-state index in [1.54, 1.807) is 7.11 Å². The Morgan fingerprint density at radius 2 is 2.16 bits per heavy atom. The first-order valence-corrected chi connectivity index (χ1v) is 8.87. The Bertz CT molecular complexity index is 761. The molecule has 2 fully saturated rings. The SMILES string of the molecule is COc1ccc2nc(CCNC(=O)N3C[C@H]4CC[C@@H](C3)C4O)[nH]c2c1. The lowest BCUT2D eigenvalue weighted by atomic mass is 9.95. The van der Waals surface area contributed by atoms with E-state index >= 15 is 0 Å². The Morgan fingerprint density at radius 1 is 1.40 bits per heavy atom. The molecule has 1 unspecified atom stereocenters. The van der Waals surface area contributed by atoms with E-state index in [4.69, 9.17) is 4.74 Å². The number of ether oxygens (including phenoxy) is 1. The summed E-state index contributed by atoms with van der Waals surface area (Å²) in [4.78, 5) is 22.0. The van der Waals surface area contributed by atoms with Gasteiger partial charge in [0.1, 0.15) is 11.6 Å². The van der Waals surface area contributed by atoms with E-state index in [1.807, 2.05) is 23.1 Å². The maximum atomic E-state index is 12.4. The number of methoxy groups -OCH3 is 1. The van der Waals surface area contributed by atoms with Crippen molar-refractivity contribution in [2.75, 3.05) is 26.7 Å². The second kappa shape index (κ2) is 6.55. The van der Waals surface area contributed by atoms with Gasteiger partial charge in [-0.25, -0.2) is 9.78 Å². The summed E-state index contributed by atoms with van der Waals surface area (Å²) < 4.78 is 5.21. The van der Waals surface area contributed by atoms with E-state index in [2.05, 4.69) is 15.3 Å². The number of imidazole rings is 1. The predicted molar refractivity (Wildman–Crippen MR) is 93.5 cm³/mol. The van der Waals surface area contributed by atoms with Crippen LogP contribution in [0.3, 0.4) is 0 Å². The van der Waals surface area contributed by atoms with Gasteiger partial charge < -0.3 is 25.0 Å². The minimum Gasteiger partial charge on any atom is -0.497 e. The number of aromatic nitrogens is 2. The number of nitrogens with one attached hydrogen (secondary N) is 2. The van der Waals surface area contributed by atoms with Crippen LogP contribution in [0, 0.1) is 11.8 Å². The van der Waals surface area contributed by atoms with Gasteiger partial charge in [-0.15, -0.1) is 0 Å². The number of carbonyl (C=O) groups excluding carboxylic acids is 1. The normalized spacial score (nSPS) is 25.4. The van der Waals surface area contributed by atoms with Crippen LogP contribution in [0.1, 0.15) is 18.7 Å². The van der Waals surface area contributed by atoms with E-state index in [0.717, 1.165) is 35.4 Å². The number of hydrogen-bond donors (Lipinski definition) is 3. The van der Waals surface area contributed by atoms with Crippen LogP contribution in [0.25, 0.3) is 11.0 Å². The molecule has 2 heterocycles. The van der Waals surface area contributed by atoms with Crippen LogP contribution in [0.4, 0.5) is 4.79 Å². The largest absolute Gasteiger partial charge is 0.497 e. The number of benzene rings is 1. The quantitative estimate of drug-likeness (QED) is 0.784. The van der Waals surface area contributed by atoms with Crippen LogP contribution < -0.4 is 10.1 Å². The maximum absolute atomic E-state index is 12.4. The van der Waals surface area contributed by atoms with Gasteiger partial charge in [0, 0.05) is 44.0 Å². The number of piperidine rings is 1. The zero-order chi connectivity index (χ0) is 17.4. The van der Waals surface area contributed by atoms with Crippen LogP contribution in [0.15, 0.2) is 18.2 Å². The number of aliphatic hydroxyl groups excluding tert-OH is 1. The average molecular weight is 344 g/mol. The van der Waals surface area contributed by atoms with E-state index in [-0.39, 0.29) is 24.0 Å². The number of carbonyl (C=O) groups is 1. The molecule has 7 nitrogen and oxygen atoms in total.